The topological polar surface area (TPSA) is 99.9 Å². The van der Waals surface area contributed by atoms with Gasteiger partial charge in [0, 0.05) is 19.0 Å². The highest BCUT2D eigenvalue weighted by atomic mass is 16.6. The highest BCUT2D eigenvalue weighted by molar-refractivity contribution is 5.85. The normalized spacial score (nSPS) is 15.1. The molecule has 0 bridgehead atoms. The molecule has 7 heteroatoms. The van der Waals surface area contributed by atoms with E-state index in [2.05, 4.69) is 6.07 Å². The maximum absolute atomic E-state index is 12.3. The average molecular weight is 515 g/mol. The van der Waals surface area contributed by atoms with Crippen LogP contribution in [-0.2, 0) is 9.53 Å². The van der Waals surface area contributed by atoms with Crippen LogP contribution >= 0.6 is 0 Å². The van der Waals surface area contributed by atoms with Gasteiger partial charge in [0.25, 0.3) is 0 Å². The van der Waals surface area contributed by atoms with Gasteiger partial charge in [0.2, 0.25) is 0 Å². The monoisotopic (exact) mass is 514 g/mol. The third kappa shape index (κ3) is 7.04. The molecule has 1 aliphatic rings. The summed E-state index contributed by atoms with van der Waals surface area (Å²) in [4.78, 5) is 25.7. The Morgan fingerprint density at radius 1 is 1.00 bits per heavy atom. The van der Waals surface area contributed by atoms with Crippen LogP contribution < -0.4 is 4.74 Å². The van der Waals surface area contributed by atoms with Crippen LogP contribution in [0.5, 0.6) is 5.75 Å². The highest BCUT2D eigenvalue weighted by Crippen LogP contribution is 2.32. The van der Waals surface area contributed by atoms with Crippen molar-refractivity contribution < 1.29 is 24.2 Å². The number of ether oxygens (including phenoxy) is 2. The van der Waals surface area contributed by atoms with Crippen molar-refractivity contribution in [2.75, 3.05) is 19.7 Å². The van der Waals surface area contributed by atoms with Crippen LogP contribution in [0.25, 0.3) is 10.8 Å². The second-order valence-corrected chi connectivity index (χ2v) is 10.9. The molecular weight excluding hydrogens is 480 g/mol. The lowest BCUT2D eigenvalue weighted by atomic mass is 9.87. The second-order valence-electron chi connectivity index (χ2n) is 10.9. The molecule has 1 fully saturated rings. The van der Waals surface area contributed by atoms with E-state index in [1.54, 1.807) is 11.0 Å². The summed E-state index contributed by atoms with van der Waals surface area (Å²) in [6, 6.07) is 21.2. The lowest BCUT2D eigenvalue weighted by Crippen LogP contribution is -2.42. The second kappa shape index (κ2) is 11.6. The Morgan fingerprint density at radius 3 is 2.29 bits per heavy atom. The van der Waals surface area contributed by atoms with Gasteiger partial charge in [0.1, 0.15) is 11.4 Å². The standard InChI is InChI=1S/C31H34N2O5/c1-31(2,3)38-30(36)33-14-12-21(13-15-33)20-37-27-10-8-24(9-11-27)28(18-29(34)35)25-7-6-23-5-4-22(19-32)16-26(23)17-25/h4-11,16-17,21,28H,12-15,18,20H2,1-3H3,(H,34,35). The highest BCUT2D eigenvalue weighted by Gasteiger charge is 2.27. The van der Waals surface area contributed by atoms with Gasteiger partial charge in [-0.3, -0.25) is 4.79 Å². The van der Waals surface area contributed by atoms with Gasteiger partial charge >= 0.3 is 12.1 Å². The van der Waals surface area contributed by atoms with E-state index in [1.165, 1.54) is 0 Å². The molecule has 38 heavy (non-hydrogen) atoms. The van der Waals surface area contributed by atoms with Crippen molar-refractivity contribution in [1.82, 2.24) is 4.90 Å². The number of likely N-dealkylation sites (tertiary alicyclic amines) is 1. The Hall–Kier alpha value is -4.05. The number of aliphatic carboxylic acids is 1. The Balaban J connectivity index is 1.39. The maximum Gasteiger partial charge on any atom is 0.410 e. The van der Waals surface area contributed by atoms with Crippen LogP contribution in [0.1, 0.15) is 62.6 Å². The molecule has 1 unspecified atom stereocenters. The molecule has 0 radical (unpaired) electrons. The fraction of sp³-hybridized carbons (Fsp3) is 0.387. The van der Waals surface area contributed by atoms with Gasteiger partial charge in [-0.15, -0.1) is 0 Å². The smallest absolute Gasteiger partial charge is 0.410 e. The third-order valence-corrected chi connectivity index (χ3v) is 6.81. The van der Waals surface area contributed by atoms with Crippen molar-refractivity contribution in [1.29, 1.82) is 5.26 Å². The number of rotatable bonds is 7. The maximum atomic E-state index is 12.3. The number of benzene rings is 3. The molecule has 3 aromatic rings. The Kier molecular flexibility index (Phi) is 8.21. The zero-order valence-corrected chi connectivity index (χ0v) is 22.1. The van der Waals surface area contributed by atoms with Crippen molar-refractivity contribution >= 4 is 22.8 Å². The quantitative estimate of drug-likeness (QED) is 0.395. The van der Waals surface area contributed by atoms with Crippen molar-refractivity contribution in [3.63, 3.8) is 0 Å². The molecule has 1 atom stereocenters. The zero-order chi connectivity index (χ0) is 27.3. The fourth-order valence-corrected chi connectivity index (χ4v) is 4.77. The predicted octanol–water partition coefficient (Wildman–Crippen LogP) is 6.34. The lowest BCUT2D eigenvalue weighted by Gasteiger charge is -2.33. The molecule has 7 nitrogen and oxygen atoms in total. The first-order valence-electron chi connectivity index (χ1n) is 13.0. The average Bonchev–Trinajstić information content (AvgIpc) is 2.89. The van der Waals surface area contributed by atoms with E-state index in [-0.39, 0.29) is 18.4 Å². The number of hydrogen-bond donors (Lipinski definition) is 1. The van der Waals surface area contributed by atoms with Gasteiger partial charge in [-0.1, -0.05) is 36.4 Å². The first-order valence-corrected chi connectivity index (χ1v) is 13.0. The van der Waals surface area contributed by atoms with Crippen LogP contribution in [0.15, 0.2) is 60.7 Å². The van der Waals surface area contributed by atoms with Crippen LogP contribution in [0.4, 0.5) is 4.79 Å². The number of carbonyl (C=O) groups excluding carboxylic acids is 1. The van der Waals surface area contributed by atoms with E-state index in [1.807, 2.05) is 75.4 Å². The number of piperidine rings is 1. The summed E-state index contributed by atoms with van der Waals surface area (Å²) in [7, 11) is 0. The minimum atomic E-state index is -0.876. The summed E-state index contributed by atoms with van der Waals surface area (Å²) in [5, 5.41) is 20.7. The van der Waals surface area contributed by atoms with Gasteiger partial charge in [-0.2, -0.15) is 5.26 Å². The summed E-state index contributed by atoms with van der Waals surface area (Å²) in [5.74, 6) is -0.119. The minimum absolute atomic E-state index is 0.0418. The van der Waals surface area contributed by atoms with Crippen molar-refractivity contribution in [3.05, 3.63) is 77.4 Å². The minimum Gasteiger partial charge on any atom is -0.493 e. The number of amides is 1. The van der Waals surface area contributed by atoms with Crippen LogP contribution in [0.3, 0.4) is 0 Å². The predicted molar refractivity (Wildman–Crippen MR) is 145 cm³/mol. The number of carbonyl (C=O) groups is 2. The molecule has 1 aliphatic heterocycles. The largest absolute Gasteiger partial charge is 0.493 e. The molecule has 0 spiro atoms. The van der Waals surface area contributed by atoms with E-state index in [0.717, 1.165) is 40.5 Å². The van der Waals surface area contributed by atoms with Gasteiger partial charge in [-0.05, 0) is 85.7 Å². The number of hydrogen-bond acceptors (Lipinski definition) is 5. The summed E-state index contributed by atoms with van der Waals surface area (Å²) in [6.45, 7) is 7.47. The Morgan fingerprint density at radius 2 is 1.66 bits per heavy atom. The first-order chi connectivity index (χ1) is 18.1. The number of nitriles is 1. The van der Waals surface area contributed by atoms with Gasteiger partial charge in [0.15, 0.2) is 0 Å². The van der Waals surface area contributed by atoms with Gasteiger partial charge < -0.3 is 19.5 Å². The fourth-order valence-electron chi connectivity index (χ4n) is 4.77. The Bertz CT molecular complexity index is 1330. The molecule has 0 aliphatic carbocycles. The summed E-state index contributed by atoms with van der Waals surface area (Å²) in [6.07, 6.45) is 1.40. The van der Waals surface area contributed by atoms with Gasteiger partial charge in [-0.25, -0.2) is 4.79 Å². The molecule has 1 amide bonds. The molecule has 1 heterocycles. The summed E-state index contributed by atoms with van der Waals surface area (Å²) >= 11 is 0. The van der Waals surface area contributed by atoms with Crippen molar-refractivity contribution in [2.24, 2.45) is 5.92 Å². The van der Waals surface area contributed by atoms with Crippen LogP contribution in [0.2, 0.25) is 0 Å². The first kappa shape index (κ1) is 27.0. The number of carboxylic acids is 1. The number of nitrogens with zero attached hydrogens (tertiary/aromatic N) is 2. The number of carboxylic acid groups (broad SMARTS) is 1. The molecule has 1 saturated heterocycles. The molecular formula is C31H34N2O5. The molecule has 0 saturated carbocycles. The third-order valence-electron chi connectivity index (χ3n) is 6.81. The van der Waals surface area contributed by atoms with E-state index in [9.17, 15) is 20.0 Å². The van der Waals surface area contributed by atoms with E-state index >= 15 is 0 Å². The molecule has 4 rings (SSSR count). The Labute approximate surface area is 223 Å². The SMILES string of the molecule is CC(C)(C)OC(=O)N1CCC(COc2ccc(C(CC(=O)O)c3ccc4ccc(C#N)cc4c3)cc2)CC1. The van der Waals surface area contributed by atoms with E-state index in [4.69, 9.17) is 9.47 Å². The van der Waals surface area contributed by atoms with Crippen LogP contribution in [0, 0.1) is 17.2 Å². The lowest BCUT2D eigenvalue weighted by molar-refractivity contribution is -0.137. The van der Waals surface area contributed by atoms with Crippen molar-refractivity contribution in [2.45, 2.75) is 51.6 Å². The van der Waals surface area contributed by atoms with Gasteiger partial charge in [0.05, 0.1) is 24.7 Å². The molecule has 3 aromatic carbocycles. The molecule has 1 N–H and O–H groups in total. The van der Waals surface area contributed by atoms with Crippen LogP contribution in [-0.4, -0.2) is 47.4 Å². The van der Waals surface area contributed by atoms with E-state index < -0.39 is 11.6 Å². The molecule has 198 valence electrons. The zero-order valence-electron chi connectivity index (χ0n) is 22.1. The molecule has 0 aromatic heterocycles. The van der Waals surface area contributed by atoms with E-state index in [0.29, 0.717) is 31.2 Å². The van der Waals surface area contributed by atoms with Crippen molar-refractivity contribution in [3.8, 4) is 11.8 Å². The summed E-state index contributed by atoms with van der Waals surface area (Å²) in [5.41, 5.74) is 1.85. The summed E-state index contributed by atoms with van der Waals surface area (Å²) < 4.78 is 11.5. The number of fused-ring (bicyclic) bond motifs is 1.